The van der Waals surface area contributed by atoms with E-state index < -0.39 is 0 Å². The molecular weight excluding hydrogens is 244 g/mol. The van der Waals surface area contributed by atoms with E-state index in [2.05, 4.69) is 15.4 Å². The fourth-order valence-corrected chi connectivity index (χ4v) is 1.48. The Balaban J connectivity index is 2.28. The molecule has 1 aromatic rings. The minimum Gasteiger partial charge on any atom is -0.469 e. The molecule has 2 amide bonds. The van der Waals surface area contributed by atoms with Crippen molar-refractivity contribution in [2.24, 2.45) is 5.92 Å². The zero-order valence-corrected chi connectivity index (χ0v) is 11.5. The normalized spacial score (nSPS) is 11.5. The molecule has 1 aromatic carbocycles. The Hall–Kier alpha value is -2.04. The Labute approximate surface area is 113 Å². The van der Waals surface area contributed by atoms with E-state index in [1.165, 1.54) is 12.7 Å². The predicted octanol–water partition coefficient (Wildman–Crippen LogP) is 1.60. The van der Waals surface area contributed by atoms with Crippen molar-refractivity contribution >= 4 is 12.0 Å². The molecule has 19 heavy (non-hydrogen) atoms. The molecule has 0 radical (unpaired) electrons. The topological polar surface area (TPSA) is 67.4 Å². The van der Waals surface area contributed by atoms with Gasteiger partial charge in [-0.05, 0) is 12.5 Å². The van der Waals surface area contributed by atoms with Crippen LogP contribution in [0.15, 0.2) is 24.3 Å². The Morgan fingerprint density at radius 3 is 2.42 bits per heavy atom. The van der Waals surface area contributed by atoms with Crippen molar-refractivity contribution in [3.63, 3.8) is 0 Å². The van der Waals surface area contributed by atoms with Gasteiger partial charge in [-0.15, -0.1) is 0 Å². The van der Waals surface area contributed by atoms with E-state index in [0.717, 1.165) is 5.56 Å². The van der Waals surface area contributed by atoms with Crippen LogP contribution in [0.25, 0.3) is 0 Å². The summed E-state index contributed by atoms with van der Waals surface area (Å²) in [6.45, 7) is 4.43. The van der Waals surface area contributed by atoms with Crippen LogP contribution >= 0.6 is 0 Å². The number of urea groups is 1. The molecule has 0 aliphatic rings. The van der Waals surface area contributed by atoms with Gasteiger partial charge >= 0.3 is 12.0 Å². The van der Waals surface area contributed by atoms with Crippen molar-refractivity contribution in [3.05, 3.63) is 35.4 Å². The highest BCUT2D eigenvalue weighted by Crippen LogP contribution is 2.02. The maximum atomic E-state index is 11.5. The first-order valence-electron chi connectivity index (χ1n) is 6.18. The van der Waals surface area contributed by atoms with Crippen molar-refractivity contribution in [2.75, 3.05) is 13.7 Å². The van der Waals surface area contributed by atoms with Crippen LogP contribution < -0.4 is 10.6 Å². The second-order valence-electron chi connectivity index (χ2n) is 4.47. The Morgan fingerprint density at radius 2 is 1.84 bits per heavy atom. The van der Waals surface area contributed by atoms with Crippen LogP contribution in [0.5, 0.6) is 0 Å². The summed E-state index contributed by atoms with van der Waals surface area (Å²) in [5, 5.41) is 5.36. The summed E-state index contributed by atoms with van der Waals surface area (Å²) in [6, 6.07) is 7.62. The molecule has 0 aliphatic heterocycles. The van der Waals surface area contributed by atoms with Gasteiger partial charge in [0.1, 0.15) is 0 Å². The zero-order valence-electron chi connectivity index (χ0n) is 11.5. The first kappa shape index (κ1) is 15.0. The van der Waals surface area contributed by atoms with Crippen LogP contribution in [0.1, 0.15) is 18.1 Å². The molecule has 0 bridgehead atoms. The Bertz CT molecular complexity index is 429. The SMILES string of the molecule is COC(=O)[C@@H](C)CNC(=O)NCc1ccc(C)cc1. The molecule has 0 saturated carbocycles. The average Bonchev–Trinajstić information content (AvgIpc) is 2.43. The summed E-state index contributed by atoms with van der Waals surface area (Å²) in [6.07, 6.45) is 0. The maximum Gasteiger partial charge on any atom is 0.315 e. The van der Waals surface area contributed by atoms with Gasteiger partial charge in [0.15, 0.2) is 0 Å². The number of aryl methyl sites for hydroxylation is 1. The number of amides is 2. The fourth-order valence-electron chi connectivity index (χ4n) is 1.48. The highest BCUT2D eigenvalue weighted by Gasteiger charge is 2.13. The van der Waals surface area contributed by atoms with Gasteiger partial charge in [-0.25, -0.2) is 4.79 Å². The second kappa shape index (κ2) is 7.41. The van der Waals surface area contributed by atoms with Gasteiger partial charge in [0.2, 0.25) is 0 Å². The molecular formula is C14H20N2O3. The highest BCUT2D eigenvalue weighted by molar-refractivity contribution is 5.76. The number of hydrogen-bond donors (Lipinski definition) is 2. The number of methoxy groups -OCH3 is 1. The Kier molecular flexibility index (Phi) is 5.85. The molecule has 5 heteroatoms. The van der Waals surface area contributed by atoms with E-state index in [4.69, 9.17) is 0 Å². The van der Waals surface area contributed by atoms with Crippen molar-refractivity contribution < 1.29 is 14.3 Å². The van der Waals surface area contributed by atoms with Crippen molar-refractivity contribution in [2.45, 2.75) is 20.4 Å². The lowest BCUT2D eigenvalue weighted by Crippen LogP contribution is -2.39. The molecule has 0 spiro atoms. The van der Waals surface area contributed by atoms with E-state index in [-0.39, 0.29) is 24.5 Å². The smallest absolute Gasteiger partial charge is 0.315 e. The van der Waals surface area contributed by atoms with Crippen molar-refractivity contribution in [3.8, 4) is 0 Å². The number of benzene rings is 1. The minimum absolute atomic E-state index is 0.256. The molecule has 0 aromatic heterocycles. The third-order valence-corrected chi connectivity index (χ3v) is 2.75. The summed E-state index contributed by atoms with van der Waals surface area (Å²) in [5.41, 5.74) is 2.21. The minimum atomic E-state index is -0.352. The standard InChI is InChI=1S/C14H20N2O3/c1-10-4-6-12(7-5-10)9-16-14(18)15-8-11(2)13(17)19-3/h4-7,11H,8-9H2,1-3H3,(H2,15,16,18)/t11-/m0/s1. The molecule has 1 rings (SSSR count). The predicted molar refractivity (Wildman–Crippen MR) is 72.6 cm³/mol. The number of ether oxygens (including phenoxy) is 1. The van der Waals surface area contributed by atoms with Crippen LogP contribution in [0.3, 0.4) is 0 Å². The fraction of sp³-hybridized carbons (Fsp3) is 0.429. The molecule has 0 aliphatic carbocycles. The van der Waals surface area contributed by atoms with Crippen LogP contribution in [-0.2, 0) is 16.1 Å². The lowest BCUT2D eigenvalue weighted by Gasteiger charge is -2.11. The number of hydrogen-bond acceptors (Lipinski definition) is 3. The molecule has 1 atom stereocenters. The average molecular weight is 264 g/mol. The van der Waals surface area contributed by atoms with Gasteiger partial charge in [0, 0.05) is 13.1 Å². The number of carbonyl (C=O) groups is 2. The summed E-state index contributed by atoms with van der Waals surface area (Å²) >= 11 is 0. The van der Waals surface area contributed by atoms with Gasteiger partial charge in [0.05, 0.1) is 13.0 Å². The Morgan fingerprint density at radius 1 is 1.21 bits per heavy atom. The number of rotatable bonds is 5. The van der Waals surface area contributed by atoms with E-state index in [0.29, 0.717) is 6.54 Å². The summed E-state index contributed by atoms with van der Waals surface area (Å²) < 4.78 is 4.57. The van der Waals surface area contributed by atoms with Crippen molar-refractivity contribution in [1.29, 1.82) is 0 Å². The van der Waals surface area contributed by atoms with Gasteiger partial charge in [-0.1, -0.05) is 36.8 Å². The first-order chi connectivity index (χ1) is 9.02. The van der Waals surface area contributed by atoms with Crippen LogP contribution in [0.2, 0.25) is 0 Å². The van der Waals surface area contributed by atoms with Gasteiger partial charge in [-0.2, -0.15) is 0 Å². The molecule has 2 N–H and O–H groups in total. The molecule has 0 fully saturated rings. The summed E-state index contributed by atoms with van der Waals surface area (Å²) in [5.74, 6) is -0.686. The third-order valence-electron chi connectivity index (χ3n) is 2.75. The molecule has 0 saturated heterocycles. The van der Waals surface area contributed by atoms with Gasteiger partial charge < -0.3 is 15.4 Å². The number of nitrogens with one attached hydrogen (secondary N) is 2. The van der Waals surface area contributed by atoms with E-state index in [1.54, 1.807) is 6.92 Å². The van der Waals surface area contributed by atoms with Crippen molar-refractivity contribution in [1.82, 2.24) is 10.6 Å². The van der Waals surface area contributed by atoms with E-state index in [1.807, 2.05) is 31.2 Å². The van der Waals surface area contributed by atoms with Crippen LogP contribution in [-0.4, -0.2) is 25.7 Å². The first-order valence-corrected chi connectivity index (χ1v) is 6.18. The van der Waals surface area contributed by atoms with Crippen LogP contribution in [0, 0.1) is 12.8 Å². The summed E-state index contributed by atoms with van der Waals surface area (Å²) in [7, 11) is 1.33. The van der Waals surface area contributed by atoms with E-state index >= 15 is 0 Å². The molecule has 0 unspecified atom stereocenters. The highest BCUT2D eigenvalue weighted by atomic mass is 16.5. The second-order valence-corrected chi connectivity index (χ2v) is 4.47. The monoisotopic (exact) mass is 264 g/mol. The molecule has 0 heterocycles. The molecule has 5 nitrogen and oxygen atoms in total. The van der Waals surface area contributed by atoms with Gasteiger partial charge in [-0.3, -0.25) is 4.79 Å². The maximum absolute atomic E-state index is 11.5. The van der Waals surface area contributed by atoms with Gasteiger partial charge in [0.25, 0.3) is 0 Å². The van der Waals surface area contributed by atoms with Crippen LogP contribution in [0.4, 0.5) is 4.79 Å². The third kappa shape index (κ3) is 5.42. The lowest BCUT2D eigenvalue weighted by atomic mass is 10.1. The zero-order chi connectivity index (χ0) is 14.3. The lowest BCUT2D eigenvalue weighted by molar-refractivity contribution is -0.144. The number of carbonyl (C=O) groups excluding carboxylic acids is 2. The largest absolute Gasteiger partial charge is 0.469 e. The summed E-state index contributed by atoms with van der Waals surface area (Å²) in [4.78, 5) is 22.7. The number of esters is 1. The quantitative estimate of drug-likeness (QED) is 0.794. The van der Waals surface area contributed by atoms with E-state index in [9.17, 15) is 9.59 Å². The molecule has 104 valence electrons.